The number of hydrogen-bond acceptors (Lipinski definition) is 3. The van der Waals surface area contributed by atoms with E-state index in [0.29, 0.717) is 21.6 Å². The predicted molar refractivity (Wildman–Crippen MR) is 75.7 cm³/mol. The molecule has 0 atom stereocenters. The summed E-state index contributed by atoms with van der Waals surface area (Å²) in [5, 5.41) is 9.31. The molecule has 0 saturated heterocycles. The monoisotopic (exact) mass is 292 g/mol. The van der Waals surface area contributed by atoms with E-state index in [1.807, 2.05) is 42.5 Å². The molecular weight excluding hydrogens is 283 g/mol. The van der Waals surface area contributed by atoms with E-state index in [4.69, 9.17) is 23.2 Å². The first-order valence-corrected chi connectivity index (χ1v) is 6.47. The maximum absolute atomic E-state index is 6.11. The average Bonchev–Trinajstić information content (AvgIpc) is 2.81. The van der Waals surface area contributed by atoms with Crippen molar-refractivity contribution in [3.8, 4) is 11.4 Å². The summed E-state index contributed by atoms with van der Waals surface area (Å²) in [5.74, 6) is 0.711. The molecule has 0 aliphatic rings. The van der Waals surface area contributed by atoms with Crippen LogP contribution in [0.1, 0.15) is 11.4 Å². The highest BCUT2D eigenvalue weighted by atomic mass is 35.5. The van der Waals surface area contributed by atoms with Gasteiger partial charge in [0.05, 0.1) is 5.69 Å². The molecule has 0 aliphatic heterocycles. The van der Waals surface area contributed by atoms with Crippen molar-refractivity contribution in [2.45, 2.75) is 13.8 Å². The normalized spacial score (nSPS) is 11.2. The Balaban J connectivity index is 2.37. The molecule has 0 N–H and O–H groups in total. The van der Waals surface area contributed by atoms with Crippen LogP contribution >= 0.6 is 23.2 Å². The number of aryl methyl sites for hydroxylation is 2. The van der Waals surface area contributed by atoms with Gasteiger partial charge in [-0.1, -0.05) is 35.3 Å². The fourth-order valence-corrected chi connectivity index (χ4v) is 2.43. The highest BCUT2D eigenvalue weighted by Crippen LogP contribution is 2.25. The second kappa shape index (κ2) is 4.47. The lowest BCUT2D eigenvalue weighted by molar-refractivity contribution is 1.000. The summed E-state index contributed by atoms with van der Waals surface area (Å²) < 4.78 is 1.90. The second-order valence-electron chi connectivity index (χ2n) is 4.27. The molecule has 4 nitrogen and oxygen atoms in total. The summed E-state index contributed by atoms with van der Waals surface area (Å²) in [6.45, 7) is 3.87. The topological polar surface area (TPSA) is 43.1 Å². The fraction of sp³-hybridized carbons (Fsp3) is 0.154. The van der Waals surface area contributed by atoms with Crippen molar-refractivity contribution in [1.82, 2.24) is 19.6 Å². The Bertz CT molecular complexity index is 780. The molecule has 0 saturated carbocycles. The third-order valence-corrected chi connectivity index (χ3v) is 3.54. The predicted octanol–water partition coefficient (Wildman–Crippen LogP) is 3.71. The molecule has 0 amide bonds. The first-order valence-electron chi connectivity index (χ1n) is 5.71. The number of nitrogens with zero attached hydrogens (tertiary/aromatic N) is 4. The van der Waals surface area contributed by atoms with Crippen LogP contribution in [0.15, 0.2) is 24.3 Å². The summed E-state index contributed by atoms with van der Waals surface area (Å²) >= 11 is 12.1. The molecule has 2 heterocycles. The van der Waals surface area contributed by atoms with Crippen molar-refractivity contribution >= 4 is 28.8 Å². The zero-order valence-electron chi connectivity index (χ0n) is 10.4. The molecule has 3 rings (SSSR count). The van der Waals surface area contributed by atoms with Gasteiger partial charge in [0.1, 0.15) is 0 Å². The van der Waals surface area contributed by atoms with Crippen LogP contribution in [-0.2, 0) is 0 Å². The quantitative estimate of drug-likeness (QED) is 0.687. The van der Waals surface area contributed by atoms with E-state index in [0.717, 1.165) is 17.0 Å². The van der Waals surface area contributed by atoms with E-state index >= 15 is 0 Å². The summed E-state index contributed by atoms with van der Waals surface area (Å²) in [6, 6.07) is 7.48. The van der Waals surface area contributed by atoms with E-state index in [-0.39, 0.29) is 0 Å². The number of hydrogen-bond donors (Lipinski definition) is 0. The van der Waals surface area contributed by atoms with Crippen LogP contribution < -0.4 is 0 Å². The molecular formula is C13H10Cl2N4. The lowest BCUT2D eigenvalue weighted by Gasteiger charge is -2.07. The molecule has 96 valence electrons. The molecule has 0 fully saturated rings. The summed E-state index contributed by atoms with van der Waals surface area (Å²) in [6.07, 6.45) is 0. The number of benzene rings is 1. The van der Waals surface area contributed by atoms with Crippen molar-refractivity contribution < 1.29 is 0 Å². The van der Waals surface area contributed by atoms with Gasteiger partial charge in [-0.25, -0.2) is 4.98 Å². The van der Waals surface area contributed by atoms with Crippen LogP contribution in [0.2, 0.25) is 10.2 Å². The fourth-order valence-electron chi connectivity index (χ4n) is 1.99. The van der Waals surface area contributed by atoms with E-state index < -0.39 is 0 Å². The van der Waals surface area contributed by atoms with Gasteiger partial charge in [0.15, 0.2) is 16.6 Å². The minimum absolute atomic E-state index is 0.351. The van der Waals surface area contributed by atoms with Crippen molar-refractivity contribution in [3.05, 3.63) is 45.8 Å². The maximum Gasteiger partial charge on any atom is 0.199 e. The zero-order valence-corrected chi connectivity index (χ0v) is 11.9. The summed E-state index contributed by atoms with van der Waals surface area (Å²) in [4.78, 5) is 4.24. The minimum Gasteiger partial charge on any atom is -0.275 e. The van der Waals surface area contributed by atoms with Crippen molar-refractivity contribution in [3.63, 3.8) is 0 Å². The maximum atomic E-state index is 6.11. The minimum atomic E-state index is 0.351. The molecule has 1 aromatic carbocycles. The largest absolute Gasteiger partial charge is 0.275 e. The lowest BCUT2D eigenvalue weighted by atomic mass is 10.2. The van der Waals surface area contributed by atoms with E-state index in [1.54, 1.807) is 0 Å². The van der Waals surface area contributed by atoms with Gasteiger partial charge in [0.2, 0.25) is 0 Å². The van der Waals surface area contributed by atoms with Crippen LogP contribution in [0, 0.1) is 13.8 Å². The van der Waals surface area contributed by atoms with Crippen molar-refractivity contribution in [2.75, 3.05) is 0 Å². The number of halogens is 2. The van der Waals surface area contributed by atoms with Crippen LogP contribution in [0.4, 0.5) is 0 Å². The first-order chi connectivity index (χ1) is 9.08. The smallest absolute Gasteiger partial charge is 0.199 e. The number of fused-ring (bicyclic) bond motifs is 1. The van der Waals surface area contributed by atoms with E-state index in [1.165, 1.54) is 0 Å². The van der Waals surface area contributed by atoms with E-state index in [9.17, 15) is 0 Å². The average molecular weight is 293 g/mol. The third kappa shape index (κ3) is 1.97. The number of aromatic nitrogens is 4. The van der Waals surface area contributed by atoms with Crippen LogP contribution in [0.25, 0.3) is 17.0 Å². The van der Waals surface area contributed by atoms with E-state index in [2.05, 4.69) is 15.2 Å². The molecule has 0 unspecified atom stereocenters. The van der Waals surface area contributed by atoms with Gasteiger partial charge in [-0.05, 0) is 26.0 Å². The highest BCUT2D eigenvalue weighted by molar-refractivity contribution is 6.32. The first kappa shape index (κ1) is 12.4. The summed E-state index contributed by atoms with van der Waals surface area (Å²) in [7, 11) is 0. The van der Waals surface area contributed by atoms with Gasteiger partial charge in [-0.2, -0.15) is 0 Å². The molecule has 0 aliphatic carbocycles. The van der Waals surface area contributed by atoms with Gasteiger partial charge in [0, 0.05) is 16.3 Å². The molecule has 6 heteroatoms. The molecule has 0 spiro atoms. The van der Waals surface area contributed by atoms with Crippen LogP contribution in [0.5, 0.6) is 0 Å². The van der Waals surface area contributed by atoms with Gasteiger partial charge in [-0.3, -0.25) is 4.40 Å². The lowest BCUT2D eigenvalue weighted by Crippen LogP contribution is -2.00. The van der Waals surface area contributed by atoms with Gasteiger partial charge in [-0.15, -0.1) is 10.2 Å². The molecule has 3 aromatic rings. The molecule has 19 heavy (non-hydrogen) atoms. The van der Waals surface area contributed by atoms with Crippen LogP contribution in [0.3, 0.4) is 0 Å². The SMILES string of the molecule is Cc1nc(Cl)c2nnc(-c3cccc(Cl)c3)n2c1C. The zero-order chi connectivity index (χ0) is 13.6. The Kier molecular flexibility index (Phi) is 2.92. The second-order valence-corrected chi connectivity index (χ2v) is 5.06. The molecule has 2 aromatic heterocycles. The Labute approximate surface area is 120 Å². The Morgan fingerprint density at radius 1 is 1.11 bits per heavy atom. The standard InChI is InChI=1S/C13H10Cl2N4/c1-7-8(2)19-12(9-4-3-5-10(14)6-9)17-18-13(19)11(15)16-7/h3-6H,1-2H3. The Morgan fingerprint density at radius 2 is 1.89 bits per heavy atom. The highest BCUT2D eigenvalue weighted by Gasteiger charge is 2.15. The van der Waals surface area contributed by atoms with Gasteiger partial charge in [0.25, 0.3) is 0 Å². The number of rotatable bonds is 1. The summed E-state index contributed by atoms with van der Waals surface area (Å²) in [5.41, 5.74) is 3.25. The Morgan fingerprint density at radius 3 is 2.63 bits per heavy atom. The van der Waals surface area contributed by atoms with Crippen molar-refractivity contribution in [2.24, 2.45) is 0 Å². The van der Waals surface area contributed by atoms with Crippen LogP contribution in [-0.4, -0.2) is 19.6 Å². The molecule has 0 radical (unpaired) electrons. The van der Waals surface area contributed by atoms with Gasteiger partial charge >= 0.3 is 0 Å². The van der Waals surface area contributed by atoms with Crippen molar-refractivity contribution in [1.29, 1.82) is 0 Å². The third-order valence-electron chi connectivity index (χ3n) is 3.06. The Hall–Kier alpha value is -1.65. The molecule has 0 bridgehead atoms. The van der Waals surface area contributed by atoms with Gasteiger partial charge < -0.3 is 0 Å².